The van der Waals surface area contributed by atoms with Gasteiger partial charge in [0.1, 0.15) is 0 Å². The maximum atomic E-state index is 13.1. The van der Waals surface area contributed by atoms with Crippen LogP contribution >= 0.6 is 24.0 Å². The van der Waals surface area contributed by atoms with Crippen LogP contribution in [-0.2, 0) is 0 Å². The van der Waals surface area contributed by atoms with E-state index in [0.29, 0.717) is 14.3 Å². The molecule has 0 aliphatic carbocycles. The van der Waals surface area contributed by atoms with Crippen LogP contribution in [0.25, 0.3) is 10.1 Å². The van der Waals surface area contributed by atoms with E-state index >= 15 is 0 Å². The summed E-state index contributed by atoms with van der Waals surface area (Å²) >= 11 is 5.38. The summed E-state index contributed by atoms with van der Waals surface area (Å²) < 4.78 is 14.5. The van der Waals surface area contributed by atoms with E-state index in [2.05, 4.69) is 12.6 Å². The van der Waals surface area contributed by atoms with Gasteiger partial charge >= 0.3 is 5.69 Å². The lowest BCUT2D eigenvalue weighted by atomic mass is 10.2. The molecule has 2 aromatic rings. The zero-order valence-electron chi connectivity index (χ0n) is 6.73. The molecule has 1 aromatic heterocycles. The highest BCUT2D eigenvalue weighted by Gasteiger charge is 2.15. The smallest absolute Gasteiger partial charge is 0.258 e. The summed E-state index contributed by atoms with van der Waals surface area (Å²) in [6.07, 6.45) is 0. The number of nitrogens with zero attached hydrogens (tertiary/aromatic N) is 1. The average molecular weight is 229 g/mol. The van der Waals surface area contributed by atoms with Gasteiger partial charge in [0, 0.05) is 16.2 Å². The molecule has 14 heavy (non-hydrogen) atoms. The minimum atomic E-state index is -0.808. The fourth-order valence-corrected chi connectivity index (χ4v) is 2.42. The predicted octanol–water partition coefficient (Wildman–Crippen LogP) is 3.24. The number of hydrogen-bond acceptors (Lipinski definition) is 4. The van der Waals surface area contributed by atoms with E-state index < -0.39 is 16.4 Å². The molecule has 0 bridgehead atoms. The van der Waals surface area contributed by atoms with Crippen LogP contribution in [0.5, 0.6) is 0 Å². The van der Waals surface area contributed by atoms with Crippen LogP contribution in [0, 0.1) is 15.9 Å². The average Bonchev–Trinajstić information content (AvgIpc) is 2.42. The molecule has 1 heterocycles. The van der Waals surface area contributed by atoms with E-state index in [-0.39, 0.29) is 0 Å². The van der Waals surface area contributed by atoms with Crippen molar-refractivity contribution < 1.29 is 9.31 Å². The standard InChI is InChI=1S/C8H4FNO2S2/c9-5-3-7-4(2-8(13)14-7)1-6(5)10(11)12/h1-3,13H. The Balaban J connectivity index is 2.76. The Bertz CT molecular complexity index is 523. The maximum Gasteiger partial charge on any atom is 0.305 e. The van der Waals surface area contributed by atoms with Gasteiger partial charge in [-0.05, 0) is 12.1 Å². The quantitative estimate of drug-likeness (QED) is 0.463. The summed E-state index contributed by atoms with van der Waals surface area (Å²) in [7, 11) is 0. The normalized spacial score (nSPS) is 10.7. The zero-order valence-corrected chi connectivity index (χ0v) is 8.44. The van der Waals surface area contributed by atoms with Crippen LogP contribution in [-0.4, -0.2) is 4.92 Å². The molecule has 0 aliphatic rings. The molecule has 0 radical (unpaired) electrons. The number of thiophene rings is 1. The number of hydrogen-bond donors (Lipinski definition) is 1. The lowest BCUT2D eigenvalue weighted by molar-refractivity contribution is -0.387. The van der Waals surface area contributed by atoms with Crippen LogP contribution in [0.4, 0.5) is 10.1 Å². The number of rotatable bonds is 1. The number of benzene rings is 1. The second-order valence-electron chi connectivity index (χ2n) is 2.68. The lowest BCUT2D eigenvalue weighted by Gasteiger charge is -1.93. The molecule has 0 saturated carbocycles. The van der Waals surface area contributed by atoms with Gasteiger partial charge in [-0.25, -0.2) is 0 Å². The van der Waals surface area contributed by atoms with Crippen LogP contribution in [0.1, 0.15) is 0 Å². The first kappa shape index (κ1) is 9.42. The monoisotopic (exact) mass is 229 g/mol. The Hall–Kier alpha value is -1.14. The van der Waals surface area contributed by atoms with E-state index in [1.807, 2.05) is 0 Å². The van der Waals surface area contributed by atoms with Gasteiger partial charge in [-0.1, -0.05) is 0 Å². The van der Waals surface area contributed by atoms with Crippen molar-refractivity contribution >= 4 is 39.7 Å². The molecule has 72 valence electrons. The minimum absolute atomic E-state index is 0.497. The molecule has 1 aromatic carbocycles. The van der Waals surface area contributed by atoms with Crippen molar-refractivity contribution in [3.05, 3.63) is 34.1 Å². The topological polar surface area (TPSA) is 43.1 Å². The molecule has 0 spiro atoms. The highest BCUT2D eigenvalue weighted by molar-refractivity contribution is 7.83. The summed E-state index contributed by atoms with van der Waals surface area (Å²) in [5, 5.41) is 11.1. The molecule has 0 N–H and O–H groups in total. The molecule has 0 saturated heterocycles. The molecule has 6 heteroatoms. The molecule has 0 unspecified atom stereocenters. The summed E-state index contributed by atoms with van der Waals surface area (Å²) in [5.41, 5.74) is -0.497. The van der Waals surface area contributed by atoms with Crippen molar-refractivity contribution in [2.45, 2.75) is 4.21 Å². The van der Waals surface area contributed by atoms with Crippen molar-refractivity contribution in [1.29, 1.82) is 0 Å². The van der Waals surface area contributed by atoms with Crippen LogP contribution < -0.4 is 0 Å². The van der Waals surface area contributed by atoms with E-state index in [9.17, 15) is 14.5 Å². The Morgan fingerprint density at radius 2 is 2.14 bits per heavy atom. The predicted molar refractivity (Wildman–Crippen MR) is 55.7 cm³/mol. The van der Waals surface area contributed by atoms with Gasteiger partial charge in [0.05, 0.1) is 9.13 Å². The van der Waals surface area contributed by atoms with Gasteiger partial charge in [0.2, 0.25) is 5.82 Å². The Morgan fingerprint density at radius 3 is 2.79 bits per heavy atom. The number of nitro benzene ring substituents is 1. The summed E-state index contributed by atoms with van der Waals surface area (Å²) in [6, 6.07) is 4.06. The van der Waals surface area contributed by atoms with Crippen molar-refractivity contribution in [3.63, 3.8) is 0 Å². The molecule has 0 fully saturated rings. The van der Waals surface area contributed by atoms with Gasteiger partial charge in [-0.2, -0.15) is 4.39 Å². The summed E-state index contributed by atoms with van der Waals surface area (Å²) in [6.45, 7) is 0. The van der Waals surface area contributed by atoms with Gasteiger partial charge < -0.3 is 0 Å². The highest BCUT2D eigenvalue weighted by Crippen LogP contribution is 2.32. The van der Waals surface area contributed by atoms with Crippen LogP contribution in [0.15, 0.2) is 22.4 Å². The second-order valence-corrected chi connectivity index (χ2v) is 4.55. The number of halogens is 1. The third kappa shape index (κ3) is 1.46. The highest BCUT2D eigenvalue weighted by atomic mass is 32.2. The number of nitro groups is 1. The SMILES string of the molecule is O=[N+]([O-])c1cc2cc(S)sc2cc1F. The van der Waals surface area contributed by atoms with Crippen molar-refractivity contribution in [1.82, 2.24) is 0 Å². The molecular weight excluding hydrogens is 225 g/mol. The molecular formula is C8H4FNO2S2. The van der Waals surface area contributed by atoms with Gasteiger partial charge in [-0.3, -0.25) is 10.1 Å². The first-order chi connectivity index (χ1) is 6.58. The van der Waals surface area contributed by atoms with Crippen LogP contribution in [0.2, 0.25) is 0 Å². The van der Waals surface area contributed by atoms with Crippen molar-refractivity contribution in [2.75, 3.05) is 0 Å². The fourth-order valence-electron chi connectivity index (χ4n) is 1.18. The maximum absolute atomic E-state index is 13.1. The Morgan fingerprint density at radius 1 is 1.43 bits per heavy atom. The van der Waals surface area contributed by atoms with E-state index in [1.54, 1.807) is 6.07 Å². The minimum Gasteiger partial charge on any atom is -0.258 e. The first-order valence-corrected chi connectivity index (χ1v) is 4.91. The summed E-state index contributed by atoms with van der Waals surface area (Å²) in [4.78, 5) is 9.69. The molecule has 2 rings (SSSR count). The Labute approximate surface area is 87.7 Å². The van der Waals surface area contributed by atoms with E-state index in [4.69, 9.17) is 0 Å². The molecule has 3 nitrogen and oxygen atoms in total. The third-order valence-electron chi connectivity index (χ3n) is 1.77. The molecule has 0 aliphatic heterocycles. The fraction of sp³-hybridized carbons (Fsp3) is 0. The number of fused-ring (bicyclic) bond motifs is 1. The number of thiol groups is 1. The second kappa shape index (κ2) is 3.21. The lowest BCUT2D eigenvalue weighted by Crippen LogP contribution is -1.91. The van der Waals surface area contributed by atoms with Crippen molar-refractivity contribution in [2.24, 2.45) is 0 Å². The van der Waals surface area contributed by atoms with Gasteiger partial charge in [0.25, 0.3) is 0 Å². The molecule has 0 atom stereocenters. The first-order valence-electron chi connectivity index (χ1n) is 3.64. The van der Waals surface area contributed by atoms with Crippen LogP contribution in [0.3, 0.4) is 0 Å². The van der Waals surface area contributed by atoms with Gasteiger partial charge in [-0.15, -0.1) is 24.0 Å². The van der Waals surface area contributed by atoms with E-state index in [1.165, 1.54) is 17.4 Å². The zero-order chi connectivity index (χ0) is 10.3. The largest absolute Gasteiger partial charge is 0.305 e. The van der Waals surface area contributed by atoms with Gasteiger partial charge in [0.15, 0.2) is 0 Å². The van der Waals surface area contributed by atoms with E-state index in [0.717, 1.165) is 6.07 Å². The molecule has 0 amide bonds. The third-order valence-corrected chi connectivity index (χ3v) is 3.07. The summed E-state index contributed by atoms with van der Waals surface area (Å²) in [5.74, 6) is -0.808. The Kier molecular flexibility index (Phi) is 2.16. The van der Waals surface area contributed by atoms with Crippen molar-refractivity contribution in [3.8, 4) is 0 Å².